The van der Waals surface area contributed by atoms with Gasteiger partial charge in [-0.2, -0.15) is 0 Å². The maximum atomic E-state index is 4.36. The van der Waals surface area contributed by atoms with Crippen molar-refractivity contribution in [2.24, 2.45) is 5.92 Å². The number of fused-ring (bicyclic) bond motifs is 1. The van der Waals surface area contributed by atoms with Crippen LogP contribution in [-0.2, 0) is 0 Å². The molecule has 0 spiro atoms. The molecule has 0 bridgehead atoms. The molecule has 1 N–H and O–H groups in total. The highest BCUT2D eigenvalue weighted by Gasteiger charge is 2.38. The number of nitrogens with one attached hydrogen (secondary N) is 1. The van der Waals surface area contributed by atoms with Crippen molar-refractivity contribution < 1.29 is 0 Å². The molecule has 3 nitrogen and oxygen atoms in total. The van der Waals surface area contributed by atoms with Gasteiger partial charge in [-0.1, -0.05) is 0 Å². The molecule has 0 aromatic carbocycles. The van der Waals surface area contributed by atoms with Crippen LogP contribution in [0.3, 0.4) is 0 Å². The maximum Gasteiger partial charge on any atom is 0.147 e. The van der Waals surface area contributed by atoms with Crippen molar-refractivity contribution in [1.29, 1.82) is 0 Å². The van der Waals surface area contributed by atoms with Gasteiger partial charge in [-0.25, -0.2) is 9.97 Å². The molecule has 1 saturated carbocycles. The van der Waals surface area contributed by atoms with Crippen LogP contribution in [0.2, 0.25) is 0 Å². The predicted molar refractivity (Wildman–Crippen MR) is 67.8 cm³/mol. The fourth-order valence-corrected chi connectivity index (χ4v) is 2.88. The van der Waals surface area contributed by atoms with Gasteiger partial charge in [-0.3, -0.25) is 0 Å². The van der Waals surface area contributed by atoms with Crippen LogP contribution in [0.5, 0.6) is 0 Å². The Kier molecular flexibility index (Phi) is 2.14. The number of rotatable bonds is 3. The van der Waals surface area contributed by atoms with E-state index in [1.54, 1.807) is 17.7 Å². The first-order valence-electron chi connectivity index (χ1n) is 5.63. The molecule has 0 aliphatic heterocycles. The van der Waals surface area contributed by atoms with Gasteiger partial charge < -0.3 is 5.32 Å². The average Bonchev–Trinajstić information content (AvgIpc) is 2.98. The van der Waals surface area contributed by atoms with Crippen LogP contribution in [0, 0.1) is 5.92 Å². The monoisotopic (exact) mass is 233 g/mol. The number of aromatic nitrogens is 2. The van der Waals surface area contributed by atoms with Gasteiger partial charge in [0.15, 0.2) is 0 Å². The summed E-state index contributed by atoms with van der Waals surface area (Å²) in [6.07, 6.45) is 4.30. The van der Waals surface area contributed by atoms with Crippen LogP contribution in [0.25, 0.3) is 10.2 Å². The van der Waals surface area contributed by atoms with E-state index in [-0.39, 0.29) is 5.54 Å². The van der Waals surface area contributed by atoms with E-state index < -0.39 is 0 Å². The van der Waals surface area contributed by atoms with Gasteiger partial charge in [0, 0.05) is 5.54 Å². The van der Waals surface area contributed by atoms with Crippen molar-refractivity contribution in [2.45, 2.75) is 32.2 Å². The highest BCUT2D eigenvalue weighted by Crippen LogP contribution is 2.41. The Balaban J connectivity index is 1.96. The lowest BCUT2D eigenvalue weighted by Crippen LogP contribution is -2.33. The topological polar surface area (TPSA) is 37.8 Å². The Bertz CT molecular complexity index is 514. The molecule has 3 rings (SSSR count). The second kappa shape index (κ2) is 3.42. The minimum Gasteiger partial charge on any atom is -0.364 e. The molecule has 1 aliphatic rings. The molecule has 16 heavy (non-hydrogen) atoms. The smallest absolute Gasteiger partial charge is 0.147 e. The lowest BCUT2D eigenvalue weighted by molar-refractivity contribution is 0.493. The Morgan fingerprint density at radius 3 is 2.94 bits per heavy atom. The van der Waals surface area contributed by atoms with Gasteiger partial charge >= 0.3 is 0 Å². The molecule has 0 radical (unpaired) electrons. The zero-order valence-electron chi connectivity index (χ0n) is 9.53. The molecule has 0 atom stereocenters. The Hall–Kier alpha value is -1.16. The molecule has 0 unspecified atom stereocenters. The summed E-state index contributed by atoms with van der Waals surface area (Å²) in [5.74, 6) is 1.77. The number of thiophene rings is 1. The van der Waals surface area contributed by atoms with Crippen LogP contribution in [0.15, 0.2) is 17.8 Å². The second-order valence-corrected chi connectivity index (χ2v) is 5.89. The van der Waals surface area contributed by atoms with E-state index in [0.29, 0.717) is 0 Å². The zero-order chi connectivity index (χ0) is 11.2. The Labute approximate surface area is 98.9 Å². The quantitative estimate of drug-likeness (QED) is 0.884. The highest BCUT2D eigenvalue weighted by molar-refractivity contribution is 7.17. The van der Waals surface area contributed by atoms with Crippen molar-refractivity contribution in [2.75, 3.05) is 5.32 Å². The Morgan fingerprint density at radius 1 is 1.38 bits per heavy atom. The van der Waals surface area contributed by atoms with Gasteiger partial charge in [-0.15, -0.1) is 11.3 Å². The fraction of sp³-hybridized carbons (Fsp3) is 0.500. The third-order valence-corrected chi connectivity index (χ3v) is 4.19. The molecular formula is C12H15N3S. The molecule has 4 heteroatoms. The normalized spacial score (nSPS) is 16.6. The molecule has 0 amide bonds. The molecule has 2 aromatic rings. The summed E-state index contributed by atoms with van der Waals surface area (Å²) in [6.45, 7) is 4.51. The molecule has 2 aromatic heterocycles. The van der Waals surface area contributed by atoms with Crippen molar-refractivity contribution in [1.82, 2.24) is 9.97 Å². The molecule has 1 fully saturated rings. The third-order valence-electron chi connectivity index (χ3n) is 3.28. The lowest BCUT2D eigenvalue weighted by Gasteiger charge is -2.26. The third kappa shape index (κ3) is 1.67. The fourth-order valence-electron chi connectivity index (χ4n) is 2.09. The standard InChI is InChI=1S/C12H15N3S/c1-12(2,8-3-4-8)15-11-10-9(5-6-16-10)13-7-14-11/h5-8H,3-4H2,1-2H3,(H,13,14,15). The number of hydrogen-bond acceptors (Lipinski definition) is 4. The minimum atomic E-state index is 0.144. The zero-order valence-corrected chi connectivity index (χ0v) is 10.3. The predicted octanol–water partition coefficient (Wildman–Crippen LogP) is 3.29. The van der Waals surface area contributed by atoms with Crippen molar-refractivity contribution in [3.8, 4) is 0 Å². The average molecular weight is 233 g/mol. The van der Waals surface area contributed by atoms with E-state index in [4.69, 9.17) is 0 Å². The lowest BCUT2D eigenvalue weighted by atomic mass is 9.99. The number of hydrogen-bond donors (Lipinski definition) is 1. The van der Waals surface area contributed by atoms with Gasteiger partial charge in [0.05, 0.1) is 10.2 Å². The van der Waals surface area contributed by atoms with Gasteiger partial charge in [0.25, 0.3) is 0 Å². The Morgan fingerprint density at radius 2 is 2.19 bits per heavy atom. The summed E-state index contributed by atoms with van der Waals surface area (Å²) >= 11 is 1.70. The van der Waals surface area contributed by atoms with Crippen LogP contribution in [-0.4, -0.2) is 15.5 Å². The molecule has 0 saturated heterocycles. The summed E-state index contributed by atoms with van der Waals surface area (Å²) in [4.78, 5) is 8.61. The van der Waals surface area contributed by atoms with Gasteiger partial charge in [0.2, 0.25) is 0 Å². The van der Waals surface area contributed by atoms with Crippen molar-refractivity contribution in [3.05, 3.63) is 17.8 Å². The van der Waals surface area contributed by atoms with E-state index in [9.17, 15) is 0 Å². The molecule has 84 valence electrons. The first kappa shape index (κ1) is 10.0. The van der Waals surface area contributed by atoms with Gasteiger partial charge in [-0.05, 0) is 44.1 Å². The number of anilines is 1. The van der Waals surface area contributed by atoms with E-state index in [2.05, 4.69) is 34.5 Å². The first-order chi connectivity index (χ1) is 7.67. The summed E-state index contributed by atoms with van der Waals surface area (Å²) in [5, 5.41) is 5.63. The van der Waals surface area contributed by atoms with E-state index in [1.807, 2.05) is 6.07 Å². The summed E-state index contributed by atoms with van der Waals surface area (Å²) in [7, 11) is 0. The first-order valence-corrected chi connectivity index (χ1v) is 6.51. The molecular weight excluding hydrogens is 218 g/mol. The highest BCUT2D eigenvalue weighted by atomic mass is 32.1. The summed E-state index contributed by atoms with van der Waals surface area (Å²) in [6, 6.07) is 2.04. The van der Waals surface area contributed by atoms with Crippen LogP contribution < -0.4 is 5.32 Å². The van der Waals surface area contributed by atoms with Crippen LogP contribution >= 0.6 is 11.3 Å². The molecule has 2 heterocycles. The van der Waals surface area contributed by atoms with Gasteiger partial charge in [0.1, 0.15) is 12.1 Å². The van der Waals surface area contributed by atoms with Crippen LogP contribution in [0.4, 0.5) is 5.82 Å². The van der Waals surface area contributed by atoms with E-state index in [0.717, 1.165) is 22.0 Å². The summed E-state index contributed by atoms with van der Waals surface area (Å²) in [5.41, 5.74) is 1.18. The van der Waals surface area contributed by atoms with Crippen LogP contribution in [0.1, 0.15) is 26.7 Å². The van der Waals surface area contributed by atoms with E-state index >= 15 is 0 Å². The summed E-state index contributed by atoms with van der Waals surface area (Å²) < 4.78 is 1.16. The second-order valence-electron chi connectivity index (χ2n) is 4.98. The van der Waals surface area contributed by atoms with Crippen molar-refractivity contribution >= 4 is 27.4 Å². The number of nitrogens with zero attached hydrogens (tertiary/aromatic N) is 2. The SMILES string of the molecule is CC(C)(Nc1ncnc2ccsc12)C1CC1. The minimum absolute atomic E-state index is 0.144. The largest absolute Gasteiger partial charge is 0.364 e. The van der Waals surface area contributed by atoms with E-state index in [1.165, 1.54) is 12.8 Å². The van der Waals surface area contributed by atoms with Crippen molar-refractivity contribution in [3.63, 3.8) is 0 Å². The maximum absolute atomic E-state index is 4.36. The molecule has 1 aliphatic carbocycles.